The van der Waals surface area contributed by atoms with Gasteiger partial charge in [0.25, 0.3) is 0 Å². The number of para-hydroxylation sites is 1. The summed E-state index contributed by atoms with van der Waals surface area (Å²) in [6, 6.07) is 9.52. The Kier molecular flexibility index (Phi) is 4.27. The third-order valence-electron chi connectivity index (χ3n) is 4.82. The van der Waals surface area contributed by atoms with Crippen molar-refractivity contribution in [2.45, 2.75) is 32.2 Å². The zero-order valence-electron chi connectivity index (χ0n) is 12.8. The molecule has 2 aliphatic heterocycles. The molecule has 2 heterocycles. The van der Waals surface area contributed by atoms with E-state index in [2.05, 4.69) is 53.2 Å². The molecule has 0 bridgehead atoms. The normalized spacial score (nSPS) is 24.4. The first-order valence-corrected chi connectivity index (χ1v) is 8.03. The minimum absolute atomic E-state index is 0.691. The second-order valence-corrected chi connectivity index (χ2v) is 6.43. The predicted octanol–water partition coefficient (Wildman–Crippen LogP) is 2.61. The Bertz CT molecular complexity index is 436. The molecule has 20 heavy (non-hydrogen) atoms. The van der Waals surface area contributed by atoms with Crippen molar-refractivity contribution < 1.29 is 0 Å². The van der Waals surface area contributed by atoms with Crippen molar-refractivity contribution >= 4 is 5.69 Å². The molecule has 1 atom stereocenters. The highest BCUT2D eigenvalue weighted by Crippen LogP contribution is 2.32. The fourth-order valence-corrected chi connectivity index (χ4v) is 3.51. The fourth-order valence-electron chi connectivity index (χ4n) is 3.51. The number of anilines is 1. The molecule has 3 nitrogen and oxygen atoms in total. The summed E-state index contributed by atoms with van der Waals surface area (Å²) in [5.74, 6) is 0.707. The molecule has 0 radical (unpaired) electrons. The number of piperazine rings is 1. The van der Waals surface area contributed by atoms with Crippen LogP contribution < -0.4 is 5.32 Å². The molecule has 0 amide bonds. The van der Waals surface area contributed by atoms with Crippen LogP contribution in [0.3, 0.4) is 0 Å². The van der Waals surface area contributed by atoms with Crippen molar-refractivity contribution in [1.29, 1.82) is 0 Å². The molecule has 0 spiro atoms. The van der Waals surface area contributed by atoms with E-state index >= 15 is 0 Å². The molecule has 1 fully saturated rings. The van der Waals surface area contributed by atoms with Gasteiger partial charge in [-0.2, -0.15) is 0 Å². The second-order valence-electron chi connectivity index (χ2n) is 6.43. The van der Waals surface area contributed by atoms with Crippen LogP contribution in [0, 0.1) is 0 Å². The van der Waals surface area contributed by atoms with Crippen LogP contribution >= 0.6 is 0 Å². The summed E-state index contributed by atoms with van der Waals surface area (Å²) < 4.78 is 0. The quantitative estimate of drug-likeness (QED) is 0.913. The molecule has 3 heteroatoms. The second kappa shape index (κ2) is 6.15. The van der Waals surface area contributed by atoms with E-state index in [0.717, 1.165) is 6.54 Å². The van der Waals surface area contributed by atoms with Crippen LogP contribution in [0.5, 0.6) is 0 Å². The molecule has 0 aliphatic carbocycles. The van der Waals surface area contributed by atoms with Gasteiger partial charge < -0.3 is 10.2 Å². The molecule has 2 aliphatic rings. The summed E-state index contributed by atoms with van der Waals surface area (Å²) in [6.07, 6.45) is 1.27. The highest BCUT2D eigenvalue weighted by molar-refractivity contribution is 5.54. The summed E-state index contributed by atoms with van der Waals surface area (Å²) in [6.45, 7) is 11.9. The number of nitrogens with zero attached hydrogens (tertiary/aromatic N) is 2. The van der Waals surface area contributed by atoms with E-state index in [1.165, 1.54) is 50.4 Å². The Morgan fingerprint density at radius 3 is 2.65 bits per heavy atom. The van der Waals surface area contributed by atoms with E-state index in [1.807, 2.05) is 0 Å². The lowest BCUT2D eigenvalue weighted by molar-refractivity contribution is 0.103. The van der Waals surface area contributed by atoms with Crippen molar-refractivity contribution in [3.8, 4) is 0 Å². The monoisotopic (exact) mass is 273 g/mol. The van der Waals surface area contributed by atoms with Gasteiger partial charge in [-0.25, -0.2) is 0 Å². The van der Waals surface area contributed by atoms with Crippen LogP contribution in [0.1, 0.15) is 31.7 Å². The van der Waals surface area contributed by atoms with Crippen molar-refractivity contribution in [2.75, 3.05) is 44.6 Å². The number of fused-ring (bicyclic) bond motifs is 1. The Labute approximate surface area is 123 Å². The van der Waals surface area contributed by atoms with Gasteiger partial charge in [0.1, 0.15) is 0 Å². The molecule has 1 N–H and O–H groups in total. The third-order valence-corrected chi connectivity index (χ3v) is 4.82. The van der Waals surface area contributed by atoms with Crippen LogP contribution in [0.4, 0.5) is 5.69 Å². The molecular weight excluding hydrogens is 246 g/mol. The van der Waals surface area contributed by atoms with Gasteiger partial charge in [-0.3, -0.25) is 4.90 Å². The van der Waals surface area contributed by atoms with Gasteiger partial charge in [0.2, 0.25) is 0 Å². The Morgan fingerprint density at radius 2 is 1.90 bits per heavy atom. The maximum absolute atomic E-state index is 3.53. The van der Waals surface area contributed by atoms with E-state index in [0.29, 0.717) is 12.0 Å². The minimum Gasteiger partial charge on any atom is -0.385 e. The fraction of sp³-hybridized carbons (Fsp3) is 0.647. The van der Waals surface area contributed by atoms with E-state index < -0.39 is 0 Å². The van der Waals surface area contributed by atoms with E-state index in [9.17, 15) is 0 Å². The summed E-state index contributed by atoms with van der Waals surface area (Å²) in [5.41, 5.74) is 2.87. The third kappa shape index (κ3) is 2.99. The molecule has 1 saturated heterocycles. The molecule has 0 saturated carbocycles. The first kappa shape index (κ1) is 13.9. The maximum atomic E-state index is 3.53. The standard InChI is InChI=1S/C17H27N3/c1-14(2)20-11-9-19(10-12-20)13-15-7-8-18-17-6-4-3-5-16(15)17/h3-6,14-15,18H,7-13H2,1-2H3. The van der Waals surface area contributed by atoms with E-state index in [1.54, 1.807) is 0 Å². The lowest BCUT2D eigenvalue weighted by atomic mass is 9.90. The zero-order valence-corrected chi connectivity index (χ0v) is 12.8. The lowest BCUT2D eigenvalue weighted by Gasteiger charge is -2.39. The van der Waals surface area contributed by atoms with Crippen molar-refractivity contribution in [1.82, 2.24) is 9.80 Å². The number of rotatable bonds is 3. The number of nitrogens with one attached hydrogen (secondary N) is 1. The van der Waals surface area contributed by atoms with Gasteiger partial charge in [0.05, 0.1) is 0 Å². The van der Waals surface area contributed by atoms with Gasteiger partial charge in [-0.05, 0) is 31.9 Å². The first-order chi connectivity index (χ1) is 9.74. The average molecular weight is 273 g/mol. The molecule has 1 aromatic rings. The SMILES string of the molecule is CC(C)N1CCN(CC2CCNc3ccccc32)CC1. The topological polar surface area (TPSA) is 18.5 Å². The average Bonchev–Trinajstić information content (AvgIpc) is 2.48. The highest BCUT2D eigenvalue weighted by Gasteiger charge is 2.24. The van der Waals surface area contributed by atoms with Crippen LogP contribution in [0.15, 0.2) is 24.3 Å². The molecule has 3 rings (SSSR count). The van der Waals surface area contributed by atoms with Crippen molar-refractivity contribution in [3.63, 3.8) is 0 Å². The predicted molar refractivity (Wildman–Crippen MR) is 85.4 cm³/mol. The highest BCUT2D eigenvalue weighted by atomic mass is 15.3. The smallest absolute Gasteiger partial charge is 0.0376 e. The maximum Gasteiger partial charge on any atom is 0.0376 e. The largest absolute Gasteiger partial charge is 0.385 e. The molecular formula is C17H27N3. The Balaban J connectivity index is 1.60. The number of benzene rings is 1. The summed E-state index contributed by atoms with van der Waals surface area (Å²) >= 11 is 0. The minimum atomic E-state index is 0.691. The lowest BCUT2D eigenvalue weighted by Crippen LogP contribution is -2.49. The van der Waals surface area contributed by atoms with Gasteiger partial charge in [0, 0.05) is 56.9 Å². The van der Waals surface area contributed by atoms with Gasteiger partial charge in [-0.1, -0.05) is 18.2 Å². The van der Waals surface area contributed by atoms with Crippen molar-refractivity contribution in [2.24, 2.45) is 0 Å². The molecule has 0 aromatic heterocycles. The summed E-state index contributed by atoms with van der Waals surface area (Å²) in [7, 11) is 0. The molecule has 1 unspecified atom stereocenters. The summed E-state index contributed by atoms with van der Waals surface area (Å²) in [4.78, 5) is 5.25. The zero-order chi connectivity index (χ0) is 13.9. The summed E-state index contributed by atoms with van der Waals surface area (Å²) in [5, 5.41) is 3.53. The molecule has 110 valence electrons. The number of hydrogen-bond acceptors (Lipinski definition) is 3. The molecule has 1 aromatic carbocycles. The Hall–Kier alpha value is -1.06. The van der Waals surface area contributed by atoms with E-state index in [4.69, 9.17) is 0 Å². The van der Waals surface area contributed by atoms with Crippen LogP contribution in [0.25, 0.3) is 0 Å². The number of hydrogen-bond donors (Lipinski definition) is 1. The van der Waals surface area contributed by atoms with Crippen molar-refractivity contribution in [3.05, 3.63) is 29.8 Å². The van der Waals surface area contributed by atoms with E-state index in [-0.39, 0.29) is 0 Å². The van der Waals surface area contributed by atoms with Gasteiger partial charge >= 0.3 is 0 Å². The first-order valence-electron chi connectivity index (χ1n) is 8.03. The van der Waals surface area contributed by atoms with Crippen LogP contribution in [0.2, 0.25) is 0 Å². The van der Waals surface area contributed by atoms with Crippen LogP contribution in [-0.2, 0) is 0 Å². The Morgan fingerprint density at radius 1 is 1.15 bits per heavy atom. The van der Waals surface area contributed by atoms with Crippen LogP contribution in [-0.4, -0.2) is 55.1 Å². The van der Waals surface area contributed by atoms with Gasteiger partial charge in [-0.15, -0.1) is 0 Å². The van der Waals surface area contributed by atoms with Gasteiger partial charge in [0.15, 0.2) is 0 Å².